The number of nitrogens with one attached hydrogen (secondary N) is 2. The molecule has 1 aromatic rings. The number of hydrogen-bond donors (Lipinski definition) is 2. The minimum absolute atomic E-state index is 0.115. The third-order valence-electron chi connectivity index (χ3n) is 2.21. The van der Waals surface area contributed by atoms with E-state index in [1.165, 1.54) is 0 Å². The van der Waals surface area contributed by atoms with Gasteiger partial charge in [-0.05, 0) is 12.1 Å². The molecule has 0 saturated carbocycles. The lowest BCUT2D eigenvalue weighted by atomic mass is 10.3. The first-order valence-corrected chi connectivity index (χ1v) is 5.31. The van der Waals surface area contributed by atoms with Crippen LogP contribution in [0, 0.1) is 10.1 Å². The number of nitro groups is 1. The zero-order valence-electron chi connectivity index (χ0n) is 9.93. The SMILES string of the molecule is C=C(CNCC)Cn1cc([N+](=O)[O-])c(=O)[nH]c1=O. The van der Waals surface area contributed by atoms with E-state index < -0.39 is 21.9 Å². The molecule has 1 rings (SSSR count). The average molecular weight is 254 g/mol. The summed E-state index contributed by atoms with van der Waals surface area (Å²) in [6.45, 7) is 7.02. The van der Waals surface area contributed by atoms with Crippen molar-refractivity contribution in [3.8, 4) is 0 Å². The Morgan fingerprint density at radius 3 is 2.83 bits per heavy atom. The molecule has 0 aliphatic carbocycles. The van der Waals surface area contributed by atoms with E-state index in [1.54, 1.807) is 0 Å². The fourth-order valence-corrected chi connectivity index (χ4v) is 1.34. The monoisotopic (exact) mass is 254 g/mol. The lowest BCUT2D eigenvalue weighted by Gasteiger charge is -2.08. The zero-order chi connectivity index (χ0) is 13.7. The van der Waals surface area contributed by atoms with E-state index in [0.29, 0.717) is 12.1 Å². The molecule has 0 fully saturated rings. The summed E-state index contributed by atoms with van der Waals surface area (Å²) in [7, 11) is 0. The minimum Gasteiger partial charge on any atom is -0.313 e. The highest BCUT2D eigenvalue weighted by Crippen LogP contribution is 2.00. The third-order valence-corrected chi connectivity index (χ3v) is 2.21. The van der Waals surface area contributed by atoms with Crippen molar-refractivity contribution in [2.24, 2.45) is 0 Å². The van der Waals surface area contributed by atoms with Gasteiger partial charge in [-0.1, -0.05) is 13.5 Å². The Hall–Kier alpha value is -2.22. The summed E-state index contributed by atoms with van der Waals surface area (Å²) in [5.41, 5.74) is -1.67. The number of aromatic amines is 1. The van der Waals surface area contributed by atoms with Crippen molar-refractivity contribution in [3.63, 3.8) is 0 Å². The average Bonchev–Trinajstić information content (AvgIpc) is 2.29. The Bertz CT molecular complexity index is 572. The Morgan fingerprint density at radius 1 is 1.61 bits per heavy atom. The summed E-state index contributed by atoms with van der Waals surface area (Å²) < 4.78 is 1.05. The molecule has 1 heterocycles. The molecule has 0 radical (unpaired) electrons. The highest BCUT2D eigenvalue weighted by Gasteiger charge is 2.14. The van der Waals surface area contributed by atoms with Crippen LogP contribution < -0.4 is 16.6 Å². The molecule has 98 valence electrons. The number of nitrogens with zero attached hydrogens (tertiary/aromatic N) is 2. The van der Waals surface area contributed by atoms with Gasteiger partial charge in [0.2, 0.25) is 0 Å². The Morgan fingerprint density at radius 2 is 2.28 bits per heavy atom. The fraction of sp³-hybridized carbons (Fsp3) is 0.400. The van der Waals surface area contributed by atoms with E-state index in [9.17, 15) is 19.7 Å². The van der Waals surface area contributed by atoms with E-state index in [0.717, 1.165) is 17.3 Å². The van der Waals surface area contributed by atoms with Crippen molar-refractivity contribution in [3.05, 3.63) is 49.3 Å². The fourth-order valence-electron chi connectivity index (χ4n) is 1.34. The van der Waals surface area contributed by atoms with Gasteiger partial charge in [0.25, 0.3) is 0 Å². The first-order chi connectivity index (χ1) is 8.45. The molecule has 0 aliphatic rings. The van der Waals surface area contributed by atoms with Crippen LogP contribution in [0.2, 0.25) is 0 Å². The standard InChI is InChI=1S/C10H14N4O4/c1-3-11-4-7(2)5-13-6-8(14(17)18)9(15)12-10(13)16/h6,11H,2-5H2,1H3,(H,12,15,16). The lowest BCUT2D eigenvalue weighted by Crippen LogP contribution is -2.32. The Labute approximate surface area is 102 Å². The maximum atomic E-state index is 11.4. The van der Waals surface area contributed by atoms with Crippen molar-refractivity contribution >= 4 is 5.69 Å². The summed E-state index contributed by atoms with van der Waals surface area (Å²) in [6.07, 6.45) is 0.929. The van der Waals surface area contributed by atoms with E-state index >= 15 is 0 Å². The van der Waals surface area contributed by atoms with E-state index in [2.05, 4.69) is 11.9 Å². The van der Waals surface area contributed by atoms with Crippen molar-refractivity contribution in [2.45, 2.75) is 13.5 Å². The molecule has 0 amide bonds. The molecule has 0 saturated heterocycles. The predicted molar refractivity (Wildman–Crippen MR) is 65.7 cm³/mol. The van der Waals surface area contributed by atoms with Crippen LogP contribution in [0.5, 0.6) is 0 Å². The lowest BCUT2D eigenvalue weighted by molar-refractivity contribution is -0.386. The number of H-pyrrole nitrogens is 1. The highest BCUT2D eigenvalue weighted by molar-refractivity contribution is 5.21. The van der Waals surface area contributed by atoms with Gasteiger partial charge >= 0.3 is 16.9 Å². The molecule has 18 heavy (non-hydrogen) atoms. The van der Waals surface area contributed by atoms with Crippen LogP contribution in [-0.4, -0.2) is 27.6 Å². The molecule has 8 heteroatoms. The van der Waals surface area contributed by atoms with Crippen LogP contribution in [0.25, 0.3) is 0 Å². The predicted octanol–water partition coefficient (Wildman–Crippen LogP) is -0.390. The first-order valence-electron chi connectivity index (χ1n) is 5.31. The maximum Gasteiger partial charge on any atom is 0.350 e. The Kier molecular flexibility index (Phi) is 4.55. The van der Waals surface area contributed by atoms with E-state index in [4.69, 9.17) is 0 Å². The van der Waals surface area contributed by atoms with Crippen molar-refractivity contribution in [2.75, 3.05) is 13.1 Å². The molecule has 1 aromatic heterocycles. The summed E-state index contributed by atoms with van der Waals surface area (Å²) in [5, 5.41) is 13.6. The van der Waals surface area contributed by atoms with Crippen molar-refractivity contribution in [1.82, 2.24) is 14.9 Å². The smallest absolute Gasteiger partial charge is 0.313 e. The molecule has 2 N–H and O–H groups in total. The zero-order valence-corrected chi connectivity index (χ0v) is 9.93. The normalized spacial score (nSPS) is 10.3. The first kappa shape index (κ1) is 13.8. The van der Waals surface area contributed by atoms with Crippen LogP contribution in [0.4, 0.5) is 5.69 Å². The van der Waals surface area contributed by atoms with Gasteiger partial charge in [0.1, 0.15) is 0 Å². The molecular formula is C10H14N4O4. The largest absolute Gasteiger partial charge is 0.350 e. The molecular weight excluding hydrogens is 240 g/mol. The molecule has 0 unspecified atom stereocenters. The Balaban J connectivity index is 2.99. The van der Waals surface area contributed by atoms with Gasteiger partial charge < -0.3 is 5.32 Å². The number of likely N-dealkylation sites (N-methyl/N-ethyl adjacent to an activating group) is 1. The summed E-state index contributed by atoms with van der Waals surface area (Å²) in [5.74, 6) is 0. The molecule has 0 bridgehead atoms. The second kappa shape index (κ2) is 5.92. The summed E-state index contributed by atoms with van der Waals surface area (Å²) in [4.78, 5) is 34.2. The molecule has 0 aromatic carbocycles. The second-order valence-corrected chi connectivity index (χ2v) is 3.69. The number of aromatic nitrogens is 2. The van der Waals surface area contributed by atoms with Crippen LogP contribution in [-0.2, 0) is 6.54 Å². The molecule has 8 nitrogen and oxygen atoms in total. The molecule has 0 aliphatic heterocycles. The summed E-state index contributed by atoms with van der Waals surface area (Å²) in [6, 6.07) is 0. The number of hydrogen-bond acceptors (Lipinski definition) is 5. The van der Waals surface area contributed by atoms with Gasteiger partial charge in [0.15, 0.2) is 0 Å². The van der Waals surface area contributed by atoms with Gasteiger partial charge in [-0.3, -0.25) is 24.5 Å². The quantitative estimate of drug-likeness (QED) is 0.408. The van der Waals surface area contributed by atoms with Crippen LogP contribution in [0.1, 0.15) is 6.92 Å². The third kappa shape index (κ3) is 3.39. The van der Waals surface area contributed by atoms with Crippen molar-refractivity contribution in [1.29, 1.82) is 0 Å². The van der Waals surface area contributed by atoms with Gasteiger partial charge in [-0.25, -0.2) is 4.79 Å². The van der Waals surface area contributed by atoms with Gasteiger partial charge in [-0.15, -0.1) is 0 Å². The molecule has 0 atom stereocenters. The van der Waals surface area contributed by atoms with E-state index in [1.807, 2.05) is 11.9 Å². The van der Waals surface area contributed by atoms with Crippen LogP contribution >= 0.6 is 0 Å². The summed E-state index contributed by atoms with van der Waals surface area (Å²) >= 11 is 0. The maximum absolute atomic E-state index is 11.4. The van der Waals surface area contributed by atoms with Gasteiger partial charge in [-0.2, -0.15) is 0 Å². The topological polar surface area (TPSA) is 110 Å². The van der Waals surface area contributed by atoms with Crippen LogP contribution in [0.15, 0.2) is 27.9 Å². The van der Waals surface area contributed by atoms with Crippen molar-refractivity contribution < 1.29 is 4.92 Å². The van der Waals surface area contributed by atoms with Crippen LogP contribution in [0.3, 0.4) is 0 Å². The molecule has 0 spiro atoms. The van der Waals surface area contributed by atoms with E-state index in [-0.39, 0.29) is 6.54 Å². The van der Waals surface area contributed by atoms with Gasteiger partial charge in [0, 0.05) is 13.1 Å². The minimum atomic E-state index is -1.00. The van der Waals surface area contributed by atoms with Gasteiger partial charge in [0.05, 0.1) is 11.1 Å². The second-order valence-electron chi connectivity index (χ2n) is 3.69. The highest BCUT2D eigenvalue weighted by atomic mass is 16.6. The number of rotatable bonds is 6.